The topological polar surface area (TPSA) is 98.9 Å². The predicted molar refractivity (Wildman–Crippen MR) is 149 cm³/mol. The van der Waals surface area contributed by atoms with Gasteiger partial charge in [0.05, 0.1) is 26.1 Å². The van der Waals surface area contributed by atoms with Crippen LogP contribution in [0.3, 0.4) is 0 Å². The molecule has 1 N–H and O–H groups in total. The molecule has 0 radical (unpaired) electrons. The molecule has 1 fully saturated rings. The zero-order valence-corrected chi connectivity index (χ0v) is 23.9. The first kappa shape index (κ1) is 26.1. The molecule has 3 aromatic heterocycles. The average molecular weight is 542 g/mol. The van der Waals surface area contributed by atoms with Crippen LogP contribution in [0.25, 0.3) is 21.4 Å². The van der Waals surface area contributed by atoms with E-state index in [1.165, 1.54) is 11.3 Å². The molecule has 0 bridgehead atoms. The number of pyridine rings is 1. The highest BCUT2D eigenvalue weighted by Gasteiger charge is 2.40. The molecule has 0 spiro atoms. The molecule has 2 atom stereocenters. The average Bonchev–Trinajstić information content (AvgIpc) is 3.38. The highest BCUT2D eigenvalue weighted by atomic mass is 32.2. The fourth-order valence-electron chi connectivity index (χ4n) is 5.32. The van der Waals surface area contributed by atoms with E-state index in [-0.39, 0.29) is 33.4 Å². The fourth-order valence-corrected chi connectivity index (χ4v) is 7.56. The summed E-state index contributed by atoms with van der Waals surface area (Å²) in [6.45, 7) is 11.2. The Morgan fingerprint density at radius 2 is 1.95 bits per heavy atom. The summed E-state index contributed by atoms with van der Waals surface area (Å²) in [5, 5.41) is 0. The van der Waals surface area contributed by atoms with E-state index in [1.807, 2.05) is 12.1 Å². The monoisotopic (exact) mass is 541 g/mol. The van der Waals surface area contributed by atoms with Gasteiger partial charge in [0, 0.05) is 31.2 Å². The Hall–Kier alpha value is -2.56. The molecule has 2 unspecified atom stereocenters. The van der Waals surface area contributed by atoms with Crippen LogP contribution in [0.5, 0.6) is 0 Å². The van der Waals surface area contributed by atoms with Crippen molar-refractivity contribution in [3.05, 3.63) is 52.0 Å². The third-order valence-electron chi connectivity index (χ3n) is 7.56. The molecule has 1 aliphatic rings. The molecule has 0 amide bonds. The summed E-state index contributed by atoms with van der Waals surface area (Å²) in [6.07, 6.45) is 2.42. The van der Waals surface area contributed by atoms with Gasteiger partial charge in [0.25, 0.3) is 0 Å². The number of fused-ring (bicyclic) bond motifs is 2. The van der Waals surface area contributed by atoms with Crippen molar-refractivity contribution in [3.63, 3.8) is 0 Å². The zero-order valence-electron chi connectivity index (χ0n) is 22.3. The van der Waals surface area contributed by atoms with E-state index in [0.29, 0.717) is 18.6 Å². The Morgan fingerprint density at radius 1 is 1.19 bits per heavy atom. The molecule has 198 valence electrons. The second-order valence-corrected chi connectivity index (χ2v) is 14.8. The van der Waals surface area contributed by atoms with Crippen LogP contribution < -0.4 is 10.4 Å². The maximum atomic E-state index is 13.4. The maximum absolute atomic E-state index is 13.4. The minimum atomic E-state index is -3.71. The summed E-state index contributed by atoms with van der Waals surface area (Å²) in [5.74, 6) is 0.0927. The van der Waals surface area contributed by atoms with Crippen molar-refractivity contribution in [2.75, 3.05) is 0 Å². The van der Waals surface area contributed by atoms with Crippen molar-refractivity contribution < 1.29 is 8.42 Å². The van der Waals surface area contributed by atoms with Gasteiger partial charge >= 0.3 is 5.69 Å². The van der Waals surface area contributed by atoms with Gasteiger partial charge in [0.15, 0.2) is 5.65 Å². The van der Waals surface area contributed by atoms with E-state index < -0.39 is 10.0 Å². The van der Waals surface area contributed by atoms with Crippen LogP contribution in [0.4, 0.5) is 0 Å². The minimum absolute atomic E-state index is 0.0410. The lowest BCUT2D eigenvalue weighted by atomic mass is 9.69. The largest absolute Gasteiger partial charge is 0.330 e. The highest BCUT2D eigenvalue weighted by molar-refractivity contribution is 7.89. The Kier molecular flexibility index (Phi) is 6.36. The van der Waals surface area contributed by atoms with Crippen molar-refractivity contribution in [2.24, 2.45) is 17.9 Å². The van der Waals surface area contributed by atoms with E-state index in [1.54, 1.807) is 39.9 Å². The van der Waals surface area contributed by atoms with Gasteiger partial charge < -0.3 is 0 Å². The summed E-state index contributed by atoms with van der Waals surface area (Å²) < 4.78 is 34.1. The molecule has 0 saturated heterocycles. The number of hydrogen-bond donors (Lipinski definition) is 1. The minimum Gasteiger partial charge on any atom is -0.290 e. The maximum Gasteiger partial charge on any atom is 0.330 e. The van der Waals surface area contributed by atoms with Crippen LogP contribution in [0, 0.1) is 10.8 Å². The van der Waals surface area contributed by atoms with Crippen molar-refractivity contribution >= 4 is 42.7 Å². The molecule has 37 heavy (non-hydrogen) atoms. The Morgan fingerprint density at radius 3 is 2.68 bits per heavy atom. The second kappa shape index (κ2) is 9.03. The molecular formula is C27H35N5O3S2. The van der Waals surface area contributed by atoms with Gasteiger partial charge in [-0.25, -0.2) is 27.9 Å². The molecule has 1 aliphatic carbocycles. The molecule has 0 aliphatic heterocycles. The van der Waals surface area contributed by atoms with Crippen LogP contribution in [0.2, 0.25) is 0 Å². The Labute approximate surface area is 221 Å². The third-order valence-corrected chi connectivity index (χ3v) is 9.83. The number of nitrogens with zero attached hydrogens (tertiary/aromatic N) is 4. The van der Waals surface area contributed by atoms with Crippen LogP contribution in [0.15, 0.2) is 45.5 Å². The van der Waals surface area contributed by atoms with Gasteiger partial charge in [-0.2, -0.15) is 0 Å². The van der Waals surface area contributed by atoms with Gasteiger partial charge in [-0.05, 0) is 60.4 Å². The number of sulfonamides is 1. The van der Waals surface area contributed by atoms with E-state index >= 15 is 0 Å². The van der Waals surface area contributed by atoms with Gasteiger partial charge in [0.1, 0.15) is 0 Å². The highest BCUT2D eigenvalue weighted by Crippen LogP contribution is 2.43. The summed E-state index contributed by atoms with van der Waals surface area (Å²) in [7, 11) is -1.94. The van der Waals surface area contributed by atoms with E-state index in [4.69, 9.17) is 4.98 Å². The Balaban J connectivity index is 1.43. The normalized spacial score (nSPS) is 20.6. The first-order valence-electron chi connectivity index (χ1n) is 12.7. The molecule has 4 aromatic rings. The second-order valence-electron chi connectivity index (χ2n) is 12.2. The van der Waals surface area contributed by atoms with Crippen molar-refractivity contribution in [3.8, 4) is 0 Å². The quantitative estimate of drug-likeness (QED) is 0.382. The zero-order chi connectivity index (χ0) is 26.8. The van der Waals surface area contributed by atoms with Crippen LogP contribution >= 0.6 is 11.3 Å². The molecule has 10 heteroatoms. The van der Waals surface area contributed by atoms with E-state index in [0.717, 1.165) is 34.3 Å². The standard InChI is InChI=1S/C27H35N5O3S2/c1-26(2,3)15-32-21-10-9-19(29-24(21)31(6)25(32)33)17-11-12-27(4,5)23(13-17)30-37(34,35)18-7-8-20-22(14-18)36-16-28-20/h7-10,14,16-17,23,30H,11-13,15H2,1-6H3. The van der Waals surface area contributed by atoms with E-state index in [2.05, 4.69) is 44.3 Å². The van der Waals surface area contributed by atoms with Gasteiger partial charge in [0.2, 0.25) is 10.0 Å². The summed E-state index contributed by atoms with van der Waals surface area (Å²) in [4.78, 5) is 22.4. The number of nitrogens with one attached hydrogen (secondary N) is 1. The number of imidazole rings is 1. The number of rotatable bonds is 5. The van der Waals surface area contributed by atoms with Crippen LogP contribution in [-0.4, -0.2) is 33.6 Å². The molecule has 1 saturated carbocycles. The molecule has 1 aromatic carbocycles. The smallest absolute Gasteiger partial charge is 0.290 e. The van der Waals surface area contributed by atoms with Crippen LogP contribution in [0.1, 0.15) is 65.5 Å². The number of hydrogen-bond acceptors (Lipinski definition) is 6. The number of aromatic nitrogens is 4. The first-order chi connectivity index (χ1) is 17.2. The predicted octanol–water partition coefficient (Wildman–Crippen LogP) is 5.03. The molecule has 8 nitrogen and oxygen atoms in total. The molecule has 5 rings (SSSR count). The summed E-state index contributed by atoms with van der Waals surface area (Å²) >= 11 is 1.43. The van der Waals surface area contributed by atoms with E-state index in [9.17, 15) is 13.2 Å². The Bertz CT molecular complexity index is 1640. The lowest BCUT2D eigenvalue weighted by Crippen LogP contribution is -2.48. The third kappa shape index (κ3) is 4.98. The number of benzene rings is 1. The summed E-state index contributed by atoms with van der Waals surface area (Å²) in [5.41, 5.74) is 4.62. The lowest BCUT2D eigenvalue weighted by molar-refractivity contribution is 0.170. The van der Waals surface area contributed by atoms with Crippen molar-refractivity contribution in [2.45, 2.75) is 77.3 Å². The number of thiazole rings is 1. The van der Waals surface area contributed by atoms with Crippen molar-refractivity contribution in [1.29, 1.82) is 0 Å². The number of aryl methyl sites for hydroxylation is 1. The van der Waals surface area contributed by atoms with Gasteiger partial charge in [-0.1, -0.05) is 34.6 Å². The first-order valence-corrected chi connectivity index (χ1v) is 15.0. The summed E-state index contributed by atoms with van der Waals surface area (Å²) in [6, 6.07) is 8.82. The fraction of sp³-hybridized carbons (Fsp3) is 0.519. The lowest BCUT2D eigenvalue weighted by Gasteiger charge is -2.42. The van der Waals surface area contributed by atoms with Crippen LogP contribution in [-0.2, 0) is 23.6 Å². The molecule has 3 heterocycles. The van der Waals surface area contributed by atoms with Gasteiger partial charge in [-0.3, -0.25) is 9.13 Å². The van der Waals surface area contributed by atoms with Crippen molar-refractivity contribution in [1.82, 2.24) is 23.8 Å². The SMILES string of the molecule is Cn1c(=O)n(CC(C)(C)C)c2ccc(C3CCC(C)(C)C(NS(=O)(=O)c4ccc5ncsc5c4)C3)nc21. The van der Waals surface area contributed by atoms with Gasteiger partial charge in [-0.15, -0.1) is 11.3 Å². The molecular weight excluding hydrogens is 506 g/mol.